The molecule has 0 aliphatic heterocycles. The highest BCUT2D eigenvalue weighted by Gasteiger charge is 2.37. The van der Waals surface area contributed by atoms with Crippen LogP contribution in [0.5, 0.6) is 11.5 Å². The number of benzene rings is 3. The number of anilines is 1. The molecular weight excluding hydrogens is 513 g/mol. The molecule has 0 fully saturated rings. The van der Waals surface area contributed by atoms with Gasteiger partial charge in [-0.1, -0.05) is 24.3 Å². The second kappa shape index (κ2) is 10.2. The van der Waals surface area contributed by atoms with Crippen molar-refractivity contribution in [2.24, 2.45) is 0 Å². The molecule has 0 atom stereocenters. The summed E-state index contributed by atoms with van der Waals surface area (Å²) in [6.45, 7) is -0.240. The summed E-state index contributed by atoms with van der Waals surface area (Å²) >= 11 is 0. The fraction of sp³-hybridized carbons (Fsp3) is 0.179. The average molecular weight is 537 g/mol. The van der Waals surface area contributed by atoms with Gasteiger partial charge in [-0.25, -0.2) is 4.98 Å². The van der Waals surface area contributed by atoms with Crippen molar-refractivity contribution in [3.8, 4) is 11.5 Å². The summed E-state index contributed by atoms with van der Waals surface area (Å²) in [5, 5.41) is 3.47. The zero-order valence-corrected chi connectivity index (χ0v) is 20.9. The number of rotatable bonds is 7. The van der Waals surface area contributed by atoms with E-state index in [2.05, 4.69) is 15.3 Å². The molecule has 0 bridgehead atoms. The van der Waals surface area contributed by atoms with Crippen molar-refractivity contribution >= 4 is 33.4 Å². The summed E-state index contributed by atoms with van der Waals surface area (Å²) < 4.78 is 53.0. The van der Waals surface area contributed by atoms with Gasteiger partial charge in [-0.3, -0.25) is 14.2 Å². The minimum atomic E-state index is -4.84. The first-order valence-corrected chi connectivity index (χ1v) is 11.9. The van der Waals surface area contributed by atoms with Gasteiger partial charge in [0.2, 0.25) is 5.82 Å². The summed E-state index contributed by atoms with van der Waals surface area (Å²) in [5.41, 5.74) is 1.02. The van der Waals surface area contributed by atoms with Gasteiger partial charge in [0.05, 0.1) is 30.7 Å². The third kappa shape index (κ3) is 4.90. The number of halogens is 3. The van der Waals surface area contributed by atoms with E-state index in [1.807, 2.05) is 24.3 Å². The summed E-state index contributed by atoms with van der Waals surface area (Å²) in [7, 11) is 2.84. The first-order chi connectivity index (χ1) is 18.7. The van der Waals surface area contributed by atoms with Crippen molar-refractivity contribution in [1.29, 1.82) is 0 Å². The Bertz CT molecular complexity index is 1760. The number of nitrogens with zero attached hydrogens (tertiary/aromatic N) is 2. The van der Waals surface area contributed by atoms with E-state index >= 15 is 0 Å². The van der Waals surface area contributed by atoms with Crippen LogP contribution in [-0.2, 0) is 19.1 Å². The molecule has 2 heterocycles. The summed E-state index contributed by atoms with van der Waals surface area (Å²) in [6, 6.07) is 16.2. The number of hydrogen-bond donors (Lipinski definition) is 2. The van der Waals surface area contributed by atoms with E-state index in [-0.39, 0.29) is 40.9 Å². The number of carbonyl (C=O) groups is 1. The maximum atomic E-state index is 13.9. The molecule has 0 saturated carbocycles. The first kappa shape index (κ1) is 25.8. The Labute approximate surface area is 220 Å². The van der Waals surface area contributed by atoms with Crippen LogP contribution in [0.4, 0.5) is 18.9 Å². The second-order valence-corrected chi connectivity index (χ2v) is 8.73. The molecule has 0 saturated heterocycles. The molecule has 39 heavy (non-hydrogen) atoms. The molecule has 2 N–H and O–H groups in total. The Morgan fingerprint density at radius 3 is 2.56 bits per heavy atom. The minimum Gasteiger partial charge on any atom is -0.493 e. The summed E-state index contributed by atoms with van der Waals surface area (Å²) in [4.78, 5) is 33.2. The van der Waals surface area contributed by atoms with E-state index < -0.39 is 23.5 Å². The molecule has 0 aliphatic rings. The van der Waals surface area contributed by atoms with Crippen molar-refractivity contribution in [1.82, 2.24) is 14.5 Å². The van der Waals surface area contributed by atoms with Crippen LogP contribution < -0.4 is 20.3 Å². The fourth-order valence-electron chi connectivity index (χ4n) is 4.56. The number of hydrogen-bond acceptors (Lipinski definition) is 5. The number of methoxy groups -OCH3 is 2. The number of aryl methyl sites for hydroxylation is 1. The topological polar surface area (TPSA) is 98.2 Å². The van der Waals surface area contributed by atoms with Gasteiger partial charge < -0.3 is 19.8 Å². The Morgan fingerprint density at radius 1 is 1.03 bits per heavy atom. The smallest absolute Gasteiger partial charge is 0.449 e. The second-order valence-electron chi connectivity index (χ2n) is 8.73. The first-order valence-electron chi connectivity index (χ1n) is 11.9. The van der Waals surface area contributed by atoms with Crippen LogP contribution in [0.25, 0.3) is 21.8 Å². The van der Waals surface area contributed by atoms with Crippen LogP contribution in [0.15, 0.2) is 71.7 Å². The van der Waals surface area contributed by atoms with Gasteiger partial charge in [0.25, 0.3) is 11.5 Å². The molecule has 0 unspecified atom stereocenters. The van der Waals surface area contributed by atoms with Gasteiger partial charge in [-0.2, -0.15) is 13.2 Å². The standard InChI is InChI=1S/C28H23F3N4O4/c1-38-23-9-5-7-19(24(23)39-2)25(36)33-17-10-11-22-20(14-17)26(37)35(27(34-22)28(29,30)31)13-12-16-15-32-21-8-4-3-6-18(16)21/h3-11,14-15,32H,12-13H2,1-2H3,(H,33,36). The molecule has 5 aromatic rings. The molecule has 11 heteroatoms. The lowest BCUT2D eigenvalue weighted by Crippen LogP contribution is -2.30. The molecule has 2 aromatic heterocycles. The molecule has 8 nitrogen and oxygen atoms in total. The third-order valence-electron chi connectivity index (χ3n) is 6.39. The molecule has 1 amide bonds. The van der Waals surface area contributed by atoms with Gasteiger partial charge >= 0.3 is 6.18 Å². The van der Waals surface area contributed by atoms with Gasteiger partial charge in [0.1, 0.15) is 0 Å². The van der Waals surface area contributed by atoms with Crippen LogP contribution >= 0.6 is 0 Å². The zero-order chi connectivity index (χ0) is 27.7. The van der Waals surface area contributed by atoms with Gasteiger partial charge in [0.15, 0.2) is 11.5 Å². The van der Waals surface area contributed by atoms with Crippen molar-refractivity contribution < 1.29 is 27.4 Å². The Balaban J connectivity index is 1.51. The number of para-hydroxylation sites is 2. The molecular formula is C28H23F3N4O4. The number of fused-ring (bicyclic) bond motifs is 2. The van der Waals surface area contributed by atoms with E-state index in [1.165, 1.54) is 38.5 Å². The van der Waals surface area contributed by atoms with Crippen LogP contribution in [0, 0.1) is 0 Å². The predicted molar refractivity (Wildman–Crippen MR) is 141 cm³/mol. The molecule has 0 spiro atoms. The van der Waals surface area contributed by atoms with Crippen LogP contribution in [0.1, 0.15) is 21.7 Å². The normalized spacial score (nSPS) is 11.6. The van der Waals surface area contributed by atoms with Crippen molar-refractivity contribution in [2.45, 2.75) is 19.1 Å². The fourth-order valence-corrected chi connectivity index (χ4v) is 4.56. The molecule has 200 valence electrons. The SMILES string of the molecule is COc1cccc(C(=O)Nc2ccc3nc(C(F)(F)F)n(CCc4c[nH]c5ccccc45)c(=O)c3c2)c1OC. The zero-order valence-electron chi connectivity index (χ0n) is 20.9. The van der Waals surface area contributed by atoms with E-state index in [4.69, 9.17) is 9.47 Å². The molecule has 0 radical (unpaired) electrons. The van der Waals surface area contributed by atoms with Crippen LogP contribution in [0.2, 0.25) is 0 Å². The summed E-state index contributed by atoms with van der Waals surface area (Å²) in [5.74, 6) is -1.26. The van der Waals surface area contributed by atoms with Crippen molar-refractivity contribution in [3.05, 3.63) is 94.2 Å². The summed E-state index contributed by atoms with van der Waals surface area (Å²) in [6.07, 6.45) is -2.95. The van der Waals surface area contributed by atoms with Crippen molar-refractivity contribution in [2.75, 3.05) is 19.5 Å². The number of alkyl halides is 3. The maximum absolute atomic E-state index is 13.9. The predicted octanol–water partition coefficient (Wildman–Crippen LogP) is 5.41. The largest absolute Gasteiger partial charge is 0.493 e. The van der Waals surface area contributed by atoms with Crippen LogP contribution in [-0.4, -0.2) is 34.7 Å². The Kier molecular flexibility index (Phi) is 6.73. The highest BCUT2D eigenvalue weighted by Crippen LogP contribution is 2.32. The number of aromatic nitrogens is 3. The Morgan fingerprint density at radius 2 is 1.82 bits per heavy atom. The van der Waals surface area contributed by atoms with Gasteiger partial charge in [-0.15, -0.1) is 0 Å². The number of ether oxygens (including phenoxy) is 2. The lowest BCUT2D eigenvalue weighted by Gasteiger charge is -2.16. The maximum Gasteiger partial charge on any atom is 0.449 e. The quantitative estimate of drug-likeness (QED) is 0.290. The average Bonchev–Trinajstić information content (AvgIpc) is 3.34. The van der Waals surface area contributed by atoms with E-state index in [0.717, 1.165) is 16.5 Å². The lowest BCUT2D eigenvalue weighted by atomic mass is 10.1. The highest BCUT2D eigenvalue weighted by molar-refractivity contribution is 6.07. The molecule has 5 rings (SSSR count). The number of amides is 1. The van der Waals surface area contributed by atoms with Gasteiger partial charge in [-0.05, 0) is 48.4 Å². The molecule has 0 aliphatic carbocycles. The van der Waals surface area contributed by atoms with Gasteiger partial charge in [0, 0.05) is 29.3 Å². The lowest BCUT2D eigenvalue weighted by molar-refractivity contribution is -0.148. The highest BCUT2D eigenvalue weighted by atomic mass is 19.4. The van der Waals surface area contributed by atoms with E-state index in [9.17, 15) is 22.8 Å². The van der Waals surface area contributed by atoms with E-state index in [1.54, 1.807) is 18.3 Å². The number of nitrogens with one attached hydrogen (secondary N) is 2. The molecule has 3 aromatic carbocycles. The number of carbonyl (C=O) groups excluding carboxylic acids is 1. The minimum absolute atomic E-state index is 0.0580. The van der Waals surface area contributed by atoms with E-state index in [0.29, 0.717) is 10.3 Å². The Hall–Kier alpha value is -4.80. The number of aromatic amines is 1. The monoisotopic (exact) mass is 536 g/mol. The number of H-pyrrole nitrogens is 1. The van der Waals surface area contributed by atoms with Crippen molar-refractivity contribution in [3.63, 3.8) is 0 Å². The third-order valence-corrected chi connectivity index (χ3v) is 6.39. The van der Waals surface area contributed by atoms with Crippen LogP contribution in [0.3, 0.4) is 0 Å².